The largest absolute Gasteiger partial charge is 0.394 e. The van der Waals surface area contributed by atoms with Crippen LogP contribution in [-0.2, 0) is 21.7 Å². The van der Waals surface area contributed by atoms with Crippen molar-refractivity contribution < 1.29 is 40.1 Å². The van der Waals surface area contributed by atoms with Crippen LogP contribution in [0.3, 0.4) is 0 Å². The first-order valence-electron chi connectivity index (χ1n) is 7.65. The first-order valence-corrected chi connectivity index (χ1v) is 7.65. The highest BCUT2D eigenvalue weighted by Crippen LogP contribution is 2.24. The molecule has 8 heteroatoms. The topological polar surface area (TPSA) is 140 Å². The summed E-state index contributed by atoms with van der Waals surface area (Å²) in [5.41, 5.74) is -0.0811. The van der Waals surface area contributed by atoms with Crippen LogP contribution in [-0.4, -0.2) is 74.6 Å². The molecule has 1 aromatic rings. The van der Waals surface area contributed by atoms with Gasteiger partial charge in [0, 0.05) is 0 Å². The average Bonchev–Trinajstić information content (AvgIpc) is 2.59. The molecule has 1 aliphatic heterocycles. The van der Waals surface area contributed by atoms with Crippen LogP contribution in [0.1, 0.15) is 18.1 Å². The van der Waals surface area contributed by atoms with Crippen LogP contribution in [0.2, 0.25) is 0 Å². The minimum atomic E-state index is -1.48. The molecule has 0 bridgehead atoms. The summed E-state index contributed by atoms with van der Waals surface area (Å²) in [6.45, 7) is 0.611. The van der Waals surface area contributed by atoms with Crippen LogP contribution in [0.4, 0.5) is 0 Å². The first-order chi connectivity index (χ1) is 11.3. The van der Waals surface area contributed by atoms with E-state index in [-0.39, 0.29) is 6.61 Å². The molecule has 1 aromatic carbocycles. The second-order valence-corrected chi connectivity index (χ2v) is 6.14. The van der Waals surface area contributed by atoms with E-state index >= 15 is 0 Å². The second kappa shape index (κ2) is 7.85. The van der Waals surface area contributed by atoms with E-state index in [0.29, 0.717) is 11.1 Å². The lowest BCUT2D eigenvalue weighted by Crippen LogP contribution is -2.59. The standard InChI is InChI=1S/C16H24O8/c1-16(22,8-18)10-4-2-9(3-5-10)7-23-15-14(21)13(20)12(19)11(6-17)24-15/h2-5,11-15,17-22H,6-8H2,1H3. The van der Waals surface area contributed by atoms with Gasteiger partial charge in [-0.2, -0.15) is 0 Å². The quantitative estimate of drug-likeness (QED) is 0.355. The van der Waals surface area contributed by atoms with E-state index in [4.69, 9.17) is 19.7 Å². The van der Waals surface area contributed by atoms with Crippen molar-refractivity contribution in [3.8, 4) is 0 Å². The van der Waals surface area contributed by atoms with Gasteiger partial charge in [0.05, 0.1) is 19.8 Å². The summed E-state index contributed by atoms with van der Waals surface area (Å²) in [6.07, 6.45) is -6.57. The van der Waals surface area contributed by atoms with Crippen LogP contribution in [0.5, 0.6) is 0 Å². The Morgan fingerprint density at radius 1 is 1.04 bits per heavy atom. The zero-order valence-electron chi connectivity index (χ0n) is 13.3. The van der Waals surface area contributed by atoms with Gasteiger partial charge in [0.15, 0.2) is 6.29 Å². The zero-order chi connectivity index (χ0) is 17.9. The Balaban J connectivity index is 1.97. The van der Waals surface area contributed by atoms with Crippen molar-refractivity contribution in [2.75, 3.05) is 13.2 Å². The number of hydrogen-bond acceptors (Lipinski definition) is 8. The predicted molar refractivity (Wildman–Crippen MR) is 81.7 cm³/mol. The molecule has 0 aromatic heterocycles. The van der Waals surface area contributed by atoms with Gasteiger partial charge in [-0.1, -0.05) is 24.3 Å². The molecule has 24 heavy (non-hydrogen) atoms. The maximum Gasteiger partial charge on any atom is 0.187 e. The maximum atomic E-state index is 9.95. The van der Waals surface area contributed by atoms with E-state index in [2.05, 4.69) is 0 Å². The highest BCUT2D eigenvalue weighted by molar-refractivity contribution is 5.26. The van der Waals surface area contributed by atoms with E-state index in [1.165, 1.54) is 6.92 Å². The normalized spacial score (nSPS) is 33.2. The van der Waals surface area contributed by atoms with Crippen molar-refractivity contribution in [1.29, 1.82) is 0 Å². The summed E-state index contributed by atoms with van der Waals surface area (Å²) in [7, 11) is 0. The van der Waals surface area contributed by atoms with Crippen molar-refractivity contribution in [2.45, 2.75) is 49.8 Å². The zero-order valence-corrected chi connectivity index (χ0v) is 13.3. The summed E-state index contributed by atoms with van der Waals surface area (Å²) < 4.78 is 10.7. The Morgan fingerprint density at radius 2 is 1.67 bits per heavy atom. The molecule has 6 N–H and O–H groups in total. The monoisotopic (exact) mass is 344 g/mol. The third kappa shape index (κ3) is 4.11. The highest BCUT2D eigenvalue weighted by atomic mass is 16.7. The molecule has 6 unspecified atom stereocenters. The van der Waals surface area contributed by atoms with Crippen molar-refractivity contribution in [3.05, 3.63) is 35.4 Å². The Bertz CT molecular complexity index is 515. The summed E-state index contributed by atoms with van der Waals surface area (Å²) in [4.78, 5) is 0. The summed E-state index contributed by atoms with van der Waals surface area (Å²) in [5, 5.41) is 57.5. The van der Waals surface area contributed by atoms with Crippen LogP contribution in [0.15, 0.2) is 24.3 Å². The van der Waals surface area contributed by atoms with Gasteiger partial charge in [-0.3, -0.25) is 0 Å². The Hall–Kier alpha value is -1.10. The minimum absolute atomic E-state index is 0.0459. The van der Waals surface area contributed by atoms with E-state index in [1.54, 1.807) is 24.3 Å². The first kappa shape index (κ1) is 19.2. The van der Waals surface area contributed by atoms with Crippen molar-refractivity contribution >= 4 is 0 Å². The molecule has 1 saturated heterocycles. The van der Waals surface area contributed by atoms with Gasteiger partial charge in [-0.05, 0) is 18.1 Å². The van der Waals surface area contributed by atoms with Gasteiger partial charge in [-0.25, -0.2) is 0 Å². The second-order valence-electron chi connectivity index (χ2n) is 6.14. The molecule has 1 fully saturated rings. The van der Waals surface area contributed by atoms with Gasteiger partial charge in [0.25, 0.3) is 0 Å². The molecule has 136 valence electrons. The fourth-order valence-corrected chi connectivity index (χ4v) is 2.43. The van der Waals surface area contributed by atoms with E-state index in [0.717, 1.165) is 0 Å². The molecule has 6 atom stereocenters. The Labute approximate surface area is 139 Å². The smallest absolute Gasteiger partial charge is 0.187 e. The third-order valence-corrected chi connectivity index (χ3v) is 4.15. The van der Waals surface area contributed by atoms with E-state index in [9.17, 15) is 20.4 Å². The minimum Gasteiger partial charge on any atom is -0.394 e. The molecule has 1 aliphatic rings. The van der Waals surface area contributed by atoms with Crippen LogP contribution in [0.25, 0.3) is 0 Å². The fraction of sp³-hybridized carbons (Fsp3) is 0.625. The van der Waals surface area contributed by atoms with Crippen LogP contribution in [0, 0.1) is 0 Å². The molecular formula is C16H24O8. The number of aliphatic hydroxyl groups excluding tert-OH is 5. The van der Waals surface area contributed by atoms with Gasteiger partial charge >= 0.3 is 0 Å². The van der Waals surface area contributed by atoms with Crippen molar-refractivity contribution in [2.24, 2.45) is 0 Å². The SMILES string of the molecule is CC(O)(CO)c1ccc(COC2OC(CO)C(O)C(O)C2O)cc1. The Kier molecular flexibility index (Phi) is 6.29. The summed E-state index contributed by atoms with van der Waals surface area (Å²) >= 11 is 0. The molecule has 0 amide bonds. The molecule has 1 heterocycles. The average molecular weight is 344 g/mol. The summed E-state index contributed by atoms with van der Waals surface area (Å²) in [5.74, 6) is 0. The molecule has 2 rings (SSSR count). The molecule has 0 radical (unpaired) electrons. The molecule has 0 aliphatic carbocycles. The number of hydrogen-bond donors (Lipinski definition) is 6. The lowest BCUT2D eigenvalue weighted by atomic mass is 9.96. The molecular weight excluding hydrogens is 320 g/mol. The number of aliphatic hydroxyl groups is 6. The Morgan fingerprint density at radius 3 is 2.21 bits per heavy atom. The lowest BCUT2D eigenvalue weighted by molar-refractivity contribution is -0.304. The van der Waals surface area contributed by atoms with Gasteiger partial charge in [0.2, 0.25) is 0 Å². The molecule has 0 spiro atoms. The summed E-state index contributed by atoms with van der Waals surface area (Å²) in [6, 6.07) is 6.65. The van der Waals surface area contributed by atoms with E-state index < -0.39 is 49.5 Å². The van der Waals surface area contributed by atoms with Crippen LogP contribution < -0.4 is 0 Å². The third-order valence-electron chi connectivity index (χ3n) is 4.15. The van der Waals surface area contributed by atoms with Crippen molar-refractivity contribution in [3.63, 3.8) is 0 Å². The van der Waals surface area contributed by atoms with Gasteiger partial charge in [-0.15, -0.1) is 0 Å². The van der Waals surface area contributed by atoms with E-state index in [1.807, 2.05) is 0 Å². The van der Waals surface area contributed by atoms with Crippen molar-refractivity contribution in [1.82, 2.24) is 0 Å². The molecule has 8 nitrogen and oxygen atoms in total. The predicted octanol–water partition coefficient (Wildman–Crippen LogP) is -1.80. The number of rotatable bonds is 6. The molecule has 0 saturated carbocycles. The fourth-order valence-electron chi connectivity index (χ4n) is 2.43. The lowest BCUT2D eigenvalue weighted by Gasteiger charge is -2.39. The van der Waals surface area contributed by atoms with Gasteiger partial charge in [0.1, 0.15) is 30.0 Å². The van der Waals surface area contributed by atoms with Gasteiger partial charge < -0.3 is 40.1 Å². The highest BCUT2D eigenvalue weighted by Gasteiger charge is 2.43. The number of ether oxygens (including phenoxy) is 2. The number of benzene rings is 1. The van der Waals surface area contributed by atoms with Crippen LogP contribution >= 0.6 is 0 Å². The maximum absolute atomic E-state index is 9.95.